The van der Waals surface area contributed by atoms with Crippen LogP contribution in [0, 0.1) is 0 Å². The quantitative estimate of drug-likeness (QED) is 0.618. The molecule has 1 fully saturated rings. The van der Waals surface area contributed by atoms with Gasteiger partial charge in [0.2, 0.25) is 0 Å². The smallest absolute Gasteiger partial charge is 0.407 e. The van der Waals surface area contributed by atoms with E-state index < -0.39 is 11.7 Å². The Morgan fingerprint density at radius 1 is 1.60 bits per heavy atom. The number of carbonyl (C=O) groups is 1. The summed E-state index contributed by atoms with van der Waals surface area (Å²) in [6, 6.07) is -0.0950. The number of aliphatic hydroxyl groups is 1. The van der Waals surface area contributed by atoms with Gasteiger partial charge < -0.3 is 20.5 Å². The van der Waals surface area contributed by atoms with Crippen molar-refractivity contribution in [2.75, 3.05) is 13.2 Å². The number of rotatable bonds is 2. The molecule has 1 saturated heterocycles. The van der Waals surface area contributed by atoms with Crippen molar-refractivity contribution in [1.82, 2.24) is 10.6 Å². The molecule has 0 aromatic rings. The minimum Gasteiger partial charge on any atom is -0.444 e. The topological polar surface area (TPSA) is 70.6 Å². The van der Waals surface area contributed by atoms with Crippen LogP contribution >= 0.6 is 0 Å². The number of aliphatic hydroxyl groups excluding tert-OH is 1. The second-order valence-electron chi connectivity index (χ2n) is 4.78. The number of alkyl carbamates (subject to hydrolysis) is 1. The summed E-state index contributed by atoms with van der Waals surface area (Å²) >= 11 is 0. The van der Waals surface area contributed by atoms with E-state index in [1.54, 1.807) is 0 Å². The zero-order valence-corrected chi connectivity index (χ0v) is 9.54. The van der Waals surface area contributed by atoms with Crippen LogP contribution in [-0.4, -0.2) is 42.0 Å². The van der Waals surface area contributed by atoms with Crippen molar-refractivity contribution in [3.63, 3.8) is 0 Å². The third-order valence-electron chi connectivity index (χ3n) is 2.25. The number of amides is 1. The van der Waals surface area contributed by atoms with Gasteiger partial charge in [0.25, 0.3) is 0 Å². The van der Waals surface area contributed by atoms with Crippen molar-refractivity contribution in [2.24, 2.45) is 0 Å². The van der Waals surface area contributed by atoms with E-state index >= 15 is 0 Å². The molecule has 1 amide bonds. The minimum absolute atomic E-state index is 0.0282. The van der Waals surface area contributed by atoms with E-state index in [-0.39, 0.29) is 18.7 Å². The molecule has 0 saturated carbocycles. The van der Waals surface area contributed by atoms with E-state index in [1.165, 1.54) is 0 Å². The SMILES string of the molecule is CC(C)(C)OC(=O)N[C@@H]1CCN[C@@H]1CO. The van der Waals surface area contributed by atoms with Crippen molar-refractivity contribution in [1.29, 1.82) is 0 Å². The molecule has 0 spiro atoms. The molecule has 5 nitrogen and oxygen atoms in total. The molecule has 0 aliphatic carbocycles. The lowest BCUT2D eigenvalue weighted by molar-refractivity contribution is 0.0494. The summed E-state index contributed by atoms with van der Waals surface area (Å²) in [5, 5.41) is 14.9. The van der Waals surface area contributed by atoms with Crippen molar-refractivity contribution in [3.8, 4) is 0 Å². The van der Waals surface area contributed by atoms with Gasteiger partial charge in [-0.1, -0.05) is 0 Å². The molecule has 0 aromatic carbocycles. The van der Waals surface area contributed by atoms with Gasteiger partial charge in [-0.2, -0.15) is 0 Å². The Morgan fingerprint density at radius 3 is 2.80 bits per heavy atom. The van der Waals surface area contributed by atoms with Gasteiger partial charge in [0.15, 0.2) is 0 Å². The number of carbonyl (C=O) groups excluding carboxylic acids is 1. The lowest BCUT2D eigenvalue weighted by Gasteiger charge is -2.23. The highest BCUT2D eigenvalue weighted by Gasteiger charge is 2.28. The first-order valence-electron chi connectivity index (χ1n) is 5.26. The lowest BCUT2D eigenvalue weighted by atomic mass is 10.1. The van der Waals surface area contributed by atoms with Crippen LogP contribution in [-0.2, 0) is 4.74 Å². The van der Waals surface area contributed by atoms with Gasteiger partial charge in [-0.05, 0) is 33.7 Å². The van der Waals surface area contributed by atoms with Gasteiger partial charge in [0, 0.05) is 0 Å². The van der Waals surface area contributed by atoms with E-state index in [9.17, 15) is 4.79 Å². The molecule has 15 heavy (non-hydrogen) atoms. The van der Waals surface area contributed by atoms with Crippen molar-refractivity contribution in [2.45, 2.75) is 44.9 Å². The molecule has 1 aliphatic heterocycles. The fourth-order valence-electron chi connectivity index (χ4n) is 1.59. The molecule has 0 aromatic heterocycles. The fraction of sp³-hybridized carbons (Fsp3) is 0.900. The average molecular weight is 216 g/mol. The standard InChI is InChI=1S/C10H20N2O3/c1-10(2,3)15-9(14)12-7-4-5-11-8(7)6-13/h7-8,11,13H,4-6H2,1-3H3,(H,12,14)/t7-,8-/m1/s1. The second kappa shape index (κ2) is 4.81. The summed E-state index contributed by atoms with van der Waals surface area (Å²) in [5.74, 6) is 0. The molecule has 1 aliphatic rings. The molecular weight excluding hydrogens is 196 g/mol. The van der Waals surface area contributed by atoms with Gasteiger partial charge in [-0.15, -0.1) is 0 Å². The summed E-state index contributed by atoms with van der Waals surface area (Å²) in [7, 11) is 0. The van der Waals surface area contributed by atoms with Gasteiger partial charge >= 0.3 is 6.09 Å². The van der Waals surface area contributed by atoms with Gasteiger partial charge in [-0.25, -0.2) is 4.79 Å². The van der Waals surface area contributed by atoms with E-state index in [0.29, 0.717) is 0 Å². The van der Waals surface area contributed by atoms with Crippen LogP contribution in [0.5, 0.6) is 0 Å². The van der Waals surface area contributed by atoms with Crippen LogP contribution in [0.15, 0.2) is 0 Å². The third-order valence-corrected chi connectivity index (χ3v) is 2.25. The molecule has 0 unspecified atom stereocenters. The van der Waals surface area contributed by atoms with Crippen LogP contribution in [0.25, 0.3) is 0 Å². The second-order valence-corrected chi connectivity index (χ2v) is 4.78. The summed E-state index contributed by atoms with van der Waals surface area (Å²) in [5.41, 5.74) is -0.481. The number of ether oxygens (including phenoxy) is 1. The van der Waals surface area contributed by atoms with Crippen LogP contribution in [0.4, 0.5) is 4.79 Å². The molecular formula is C10H20N2O3. The number of nitrogens with one attached hydrogen (secondary N) is 2. The third kappa shape index (κ3) is 4.05. The summed E-state index contributed by atoms with van der Waals surface area (Å²) < 4.78 is 5.13. The highest BCUT2D eigenvalue weighted by atomic mass is 16.6. The first kappa shape index (κ1) is 12.3. The highest BCUT2D eigenvalue weighted by molar-refractivity contribution is 5.68. The number of hydrogen-bond acceptors (Lipinski definition) is 4. The zero-order valence-electron chi connectivity index (χ0n) is 9.54. The van der Waals surface area contributed by atoms with Crippen LogP contribution in [0.1, 0.15) is 27.2 Å². The van der Waals surface area contributed by atoms with Crippen molar-refractivity contribution in [3.05, 3.63) is 0 Å². The summed E-state index contributed by atoms with van der Waals surface area (Å²) in [4.78, 5) is 11.4. The maximum Gasteiger partial charge on any atom is 0.407 e. The van der Waals surface area contributed by atoms with Crippen LogP contribution in [0.3, 0.4) is 0 Å². The van der Waals surface area contributed by atoms with E-state index in [0.717, 1.165) is 13.0 Å². The first-order chi connectivity index (χ1) is 6.92. The Morgan fingerprint density at radius 2 is 2.27 bits per heavy atom. The van der Waals surface area contributed by atoms with E-state index in [1.807, 2.05) is 20.8 Å². The Balaban J connectivity index is 2.37. The van der Waals surface area contributed by atoms with Crippen LogP contribution in [0.2, 0.25) is 0 Å². The Kier molecular flexibility index (Phi) is 3.93. The van der Waals surface area contributed by atoms with E-state index in [2.05, 4.69) is 10.6 Å². The maximum absolute atomic E-state index is 11.4. The molecule has 0 bridgehead atoms. The maximum atomic E-state index is 11.4. The predicted molar refractivity (Wildman–Crippen MR) is 56.7 cm³/mol. The Hall–Kier alpha value is -0.810. The van der Waals surface area contributed by atoms with E-state index in [4.69, 9.17) is 9.84 Å². The fourth-order valence-corrected chi connectivity index (χ4v) is 1.59. The largest absolute Gasteiger partial charge is 0.444 e. The molecule has 88 valence electrons. The van der Waals surface area contributed by atoms with Gasteiger partial charge in [0.1, 0.15) is 5.60 Å². The highest BCUT2D eigenvalue weighted by Crippen LogP contribution is 2.10. The monoisotopic (exact) mass is 216 g/mol. The summed E-state index contributed by atoms with van der Waals surface area (Å²) in [6.45, 7) is 6.31. The molecule has 2 atom stereocenters. The lowest BCUT2D eigenvalue weighted by Crippen LogP contribution is -2.46. The molecule has 1 rings (SSSR count). The Labute approximate surface area is 90.2 Å². The number of hydrogen-bond donors (Lipinski definition) is 3. The first-order valence-corrected chi connectivity index (χ1v) is 5.26. The van der Waals surface area contributed by atoms with Crippen LogP contribution < -0.4 is 10.6 Å². The zero-order chi connectivity index (χ0) is 11.5. The predicted octanol–water partition coefficient (Wildman–Crippen LogP) is 0.234. The molecule has 5 heteroatoms. The normalized spacial score (nSPS) is 26.4. The van der Waals surface area contributed by atoms with Crippen molar-refractivity contribution >= 4 is 6.09 Å². The van der Waals surface area contributed by atoms with Gasteiger partial charge in [-0.3, -0.25) is 0 Å². The van der Waals surface area contributed by atoms with Crippen molar-refractivity contribution < 1.29 is 14.6 Å². The summed E-state index contributed by atoms with van der Waals surface area (Å²) in [6.07, 6.45) is 0.402. The van der Waals surface area contributed by atoms with Gasteiger partial charge in [0.05, 0.1) is 18.7 Å². The molecule has 1 heterocycles. The average Bonchev–Trinajstić information content (AvgIpc) is 2.48. The molecule has 0 radical (unpaired) electrons. The minimum atomic E-state index is -0.481. The molecule has 3 N–H and O–H groups in total. The Bertz CT molecular complexity index is 225.